The van der Waals surface area contributed by atoms with Gasteiger partial charge in [-0.2, -0.15) is 0 Å². The second-order valence-electron chi connectivity index (χ2n) is 7.88. The highest BCUT2D eigenvalue weighted by molar-refractivity contribution is 5.88. The molecule has 7 heteroatoms. The highest BCUT2D eigenvalue weighted by Crippen LogP contribution is 2.37. The largest absolute Gasteiger partial charge is 0.493 e. The number of hydrogen-bond donors (Lipinski definition) is 0. The Bertz CT molecular complexity index is 1180. The van der Waals surface area contributed by atoms with Crippen molar-refractivity contribution in [1.29, 1.82) is 0 Å². The zero-order chi connectivity index (χ0) is 23.8. The van der Waals surface area contributed by atoms with Gasteiger partial charge in [0.05, 0.1) is 32.4 Å². The summed E-state index contributed by atoms with van der Waals surface area (Å²) in [6, 6.07) is 10.2. The van der Waals surface area contributed by atoms with Crippen LogP contribution in [0.15, 0.2) is 54.4 Å². The first-order chi connectivity index (χ1) is 16.7. The second kappa shape index (κ2) is 11.7. The van der Waals surface area contributed by atoms with E-state index in [1.54, 1.807) is 43.7 Å². The molecule has 3 aromatic rings. The summed E-state index contributed by atoms with van der Waals surface area (Å²) < 4.78 is 37.5. The quantitative estimate of drug-likeness (QED) is 0.309. The molecule has 6 nitrogen and oxygen atoms in total. The summed E-state index contributed by atoms with van der Waals surface area (Å²) in [5.41, 5.74) is 4.32. The minimum absolute atomic E-state index is 0.132. The molecule has 1 aliphatic heterocycles. The molecule has 4 rings (SSSR count). The summed E-state index contributed by atoms with van der Waals surface area (Å²) in [7, 11) is 1.59. The van der Waals surface area contributed by atoms with Crippen LogP contribution in [0.2, 0.25) is 0 Å². The molecule has 34 heavy (non-hydrogen) atoms. The van der Waals surface area contributed by atoms with Gasteiger partial charge in [-0.25, -0.2) is 4.39 Å². The molecule has 0 amide bonds. The lowest BCUT2D eigenvalue weighted by Crippen LogP contribution is -2.37. The minimum Gasteiger partial charge on any atom is -0.493 e. The summed E-state index contributed by atoms with van der Waals surface area (Å²) in [6.07, 6.45) is 6.01. The van der Waals surface area contributed by atoms with Gasteiger partial charge in [0.1, 0.15) is 5.75 Å². The maximum atomic E-state index is 14.6. The third-order valence-corrected chi connectivity index (χ3v) is 5.56. The third kappa shape index (κ3) is 5.94. The van der Waals surface area contributed by atoms with E-state index >= 15 is 0 Å². The van der Waals surface area contributed by atoms with Gasteiger partial charge in [0.2, 0.25) is 0 Å². The van der Waals surface area contributed by atoms with E-state index in [9.17, 15) is 4.39 Å². The highest BCUT2D eigenvalue weighted by atomic mass is 19.1. The fraction of sp³-hybridized carbons (Fsp3) is 0.333. The first-order valence-electron chi connectivity index (χ1n) is 11.4. The van der Waals surface area contributed by atoms with Crippen LogP contribution in [0.5, 0.6) is 23.0 Å². The molecule has 1 aliphatic rings. The van der Waals surface area contributed by atoms with E-state index in [4.69, 9.17) is 18.9 Å². The maximum Gasteiger partial charge on any atom is 0.166 e. The van der Waals surface area contributed by atoms with Crippen molar-refractivity contribution in [3.8, 4) is 23.0 Å². The number of aromatic nitrogens is 1. The molecule has 1 saturated heterocycles. The topological polar surface area (TPSA) is 53.1 Å². The van der Waals surface area contributed by atoms with Crippen LogP contribution < -0.4 is 14.2 Å². The molecular weight excluding hydrogens is 435 g/mol. The summed E-state index contributed by atoms with van der Waals surface area (Å²) in [5, 5.41) is 0.706. The van der Waals surface area contributed by atoms with Crippen molar-refractivity contribution in [2.75, 3.05) is 46.6 Å². The second-order valence-corrected chi connectivity index (χ2v) is 7.88. The van der Waals surface area contributed by atoms with Crippen LogP contribution in [0.25, 0.3) is 17.0 Å². The Kier molecular flexibility index (Phi) is 8.15. The van der Waals surface area contributed by atoms with Crippen molar-refractivity contribution in [2.45, 2.75) is 13.3 Å². The van der Waals surface area contributed by atoms with Crippen molar-refractivity contribution in [2.24, 2.45) is 0 Å². The van der Waals surface area contributed by atoms with Crippen LogP contribution >= 0.6 is 0 Å². The van der Waals surface area contributed by atoms with E-state index in [-0.39, 0.29) is 5.75 Å². The van der Waals surface area contributed by atoms with Gasteiger partial charge in [-0.1, -0.05) is 6.07 Å². The Labute approximate surface area is 199 Å². The van der Waals surface area contributed by atoms with E-state index in [0.717, 1.165) is 39.3 Å². The summed E-state index contributed by atoms with van der Waals surface area (Å²) in [6.45, 7) is 6.88. The lowest BCUT2D eigenvalue weighted by molar-refractivity contribution is 0.0357. The van der Waals surface area contributed by atoms with E-state index in [2.05, 4.69) is 15.6 Å². The van der Waals surface area contributed by atoms with E-state index in [1.165, 1.54) is 6.07 Å². The Morgan fingerprint density at radius 1 is 1.09 bits per heavy atom. The van der Waals surface area contributed by atoms with Crippen LogP contribution in [0.1, 0.15) is 18.9 Å². The van der Waals surface area contributed by atoms with E-state index in [1.807, 2.05) is 19.1 Å². The fourth-order valence-corrected chi connectivity index (χ4v) is 3.77. The predicted molar refractivity (Wildman–Crippen MR) is 130 cm³/mol. The fourth-order valence-electron chi connectivity index (χ4n) is 3.77. The van der Waals surface area contributed by atoms with Gasteiger partial charge in [0.25, 0.3) is 0 Å². The molecular formula is C27H29FN2O4. The zero-order valence-corrected chi connectivity index (χ0v) is 19.6. The summed E-state index contributed by atoms with van der Waals surface area (Å²) in [4.78, 5) is 6.82. The van der Waals surface area contributed by atoms with E-state index < -0.39 is 5.82 Å². The number of pyridine rings is 1. The average molecular weight is 465 g/mol. The Morgan fingerprint density at radius 3 is 2.71 bits per heavy atom. The highest BCUT2D eigenvalue weighted by Gasteiger charge is 2.14. The molecule has 178 valence electrons. The number of nitrogens with zero attached hydrogens (tertiary/aromatic N) is 2. The molecule has 2 aromatic carbocycles. The van der Waals surface area contributed by atoms with Crippen molar-refractivity contribution in [1.82, 2.24) is 9.88 Å². The number of methoxy groups -OCH3 is 1. The van der Waals surface area contributed by atoms with Gasteiger partial charge in [-0.05, 0) is 55.3 Å². The Morgan fingerprint density at radius 2 is 1.94 bits per heavy atom. The molecule has 1 aromatic heterocycles. The van der Waals surface area contributed by atoms with Crippen molar-refractivity contribution < 1.29 is 23.3 Å². The number of fused-ring (bicyclic) bond motifs is 1. The number of hydrogen-bond acceptors (Lipinski definition) is 6. The van der Waals surface area contributed by atoms with Crippen LogP contribution in [-0.2, 0) is 4.74 Å². The number of rotatable bonds is 9. The number of halogens is 1. The van der Waals surface area contributed by atoms with Gasteiger partial charge in [-0.15, -0.1) is 5.73 Å². The summed E-state index contributed by atoms with van der Waals surface area (Å²) in [5.74, 6) is 1.35. The van der Waals surface area contributed by atoms with Gasteiger partial charge in [0.15, 0.2) is 23.1 Å². The zero-order valence-electron chi connectivity index (χ0n) is 19.6. The van der Waals surface area contributed by atoms with Crippen LogP contribution in [0, 0.1) is 5.82 Å². The maximum absolute atomic E-state index is 14.6. The number of morpholine rings is 1. The Hall–Kier alpha value is -3.38. The molecule has 1 fully saturated rings. The average Bonchev–Trinajstić information content (AvgIpc) is 2.87. The molecule has 0 spiro atoms. The monoisotopic (exact) mass is 464 g/mol. The van der Waals surface area contributed by atoms with Crippen molar-refractivity contribution in [3.05, 3.63) is 65.8 Å². The molecule has 0 aliphatic carbocycles. The lowest BCUT2D eigenvalue weighted by atomic mass is 10.1. The Balaban J connectivity index is 1.49. The first kappa shape index (κ1) is 23.8. The van der Waals surface area contributed by atoms with Crippen LogP contribution in [-0.4, -0.2) is 56.4 Å². The summed E-state index contributed by atoms with van der Waals surface area (Å²) >= 11 is 0. The smallest absolute Gasteiger partial charge is 0.166 e. The van der Waals surface area contributed by atoms with Crippen LogP contribution in [0.4, 0.5) is 4.39 Å². The lowest BCUT2D eigenvalue weighted by Gasteiger charge is -2.26. The minimum atomic E-state index is -0.455. The number of allylic oxidation sites excluding steroid dienone is 1. The first-order valence-corrected chi connectivity index (χ1v) is 11.4. The van der Waals surface area contributed by atoms with Gasteiger partial charge in [0, 0.05) is 37.3 Å². The van der Waals surface area contributed by atoms with Crippen LogP contribution in [0.3, 0.4) is 0 Å². The SMILES string of the molecule is CC=C=Cc1ccc(Oc2ccnc3cc(OCCCN4CCOCC4)c(OC)cc23)c(F)c1. The van der Waals surface area contributed by atoms with Crippen molar-refractivity contribution >= 4 is 17.0 Å². The molecule has 0 radical (unpaired) electrons. The van der Waals surface area contributed by atoms with Gasteiger partial charge >= 0.3 is 0 Å². The van der Waals surface area contributed by atoms with Crippen molar-refractivity contribution in [3.63, 3.8) is 0 Å². The normalized spacial score (nSPS) is 13.9. The van der Waals surface area contributed by atoms with E-state index in [0.29, 0.717) is 40.3 Å². The predicted octanol–water partition coefficient (Wildman–Crippen LogP) is 5.46. The number of benzene rings is 2. The molecule has 0 unspecified atom stereocenters. The molecule has 0 bridgehead atoms. The van der Waals surface area contributed by atoms with Gasteiger partial charge < -0.3 is 18.9 Å². The molecule has 0 atom stereocenters. The molecule has 0 N–H and O–H groups in total. The number of ether oxygens (including phenoxy) is 4. The van der Waals surface area contributed by atoms with Gasteiger partial charge in [-0.3, -0.25) is 9.88 Å². The standard InChI is InChI=1S/C27H29FN2O4/c1-3-4-6-20-7-8-25(22(28)17-20)34-24-9-10-29-23-19-27(26(31-2)18-21(23)24)33-14-5-11-30-12-15-32-16-13-30/h3,6-10,17-19H,5,11-16H2,1-2H3. The molecule has 2 heterocycles. The third-order valence-electron chi connectivity index (χ3n) is 5.56. The molecule has 0 saturated carbocycles.